The van der Waals surface area contributed by atoms with Crippen molar-refractivity contribution in [3.63, 3.8) is 0 Å². The summed E-state index contributed by atoms with van der Waals surface area (Å²) in [6.07, 6.45) is 0. The van der Waals surface area contributed by atoms with Gasteiger partial charge in [0.1, 0.15) is 24.7 Å². The van der Waals surface area contributed by atoms with Gasteiger partial charge in [-0.1, -0.05) is 24.3 Å². The minimum atomic E-state index is -0.0619. The molecular weight excluding hydrogens is 384 g/mol. The number of benzene rings is 2. The smallest absolute Gasteiger partial charge is 0.261 e. The molecule has 2 heterocycles. The number of carbonyl (C=O) groups is 1. The zero-order chi connectivity index (χ0) is 20.2. The molecule has 2 aromatic carbocycles. The van der Waals surface area contributed by atoms with E-state index >= 15 is 0 Å². The van der Waals surface area contributed by atoms with E-state index in [0.717, 1.165) is 39.6 Å². The van der Waals surface area contributed by atoms with Gasteiger partial charge in [-0.2, -0.15) is 0 Å². The van der Waals surface area contributed by atoms with E-state index in [1.165, 1.54) is 11.3 Å². The number of hydrogen-bond donors (Lipinski definition) is 1. The van der Waals surface area contributed by atoms with Gasteiger partial charge in [0.25, 0.3) is 5.91 Å². The van der Waals surface area contributed by atoms with Crippen molar-refractivity contribution in [1.82, 2.24) is 10.2 Å². The number of nitrogens with zero attached hydrogens (tertiary/aromatic N) is 1. The first-order valence-corrected chi connectivity index (χ1v) is 10.4. The predicted molar refractivity (Wildman–Crippen MR) is 116 cm³/mol. The summed E-state index contributed by atoms with van der Waals surface area (Å²) in [6.45, 7) is 2.51. The third-order valence-electron chi connectivity index (χ3n) is 4.73. The van der Waals surface area contributed by atoms with Crippen LogP contribution in [0, 0.1) is 0 Å². The summed E-state index contributed by atoms with van der Waals surface area (Å²) in [7, 11) is 4.04. The third-order valence-corrected chi connectivity index (χ3v) is 5.94. The molecule has 4 rings (SSSR count). The Kier molecular flexibility index (Phi) is 5.83. The molecule has 0 radical (unpaired) electrons. The number of amides is 1. The Morgan fingerprint density at radius 1 is 1.17 bits per heavy atom. The van der Waals surface area contributed by atoms with Crippen LogP contribution in [0.2, 0.25) is 0 Å². The summed E-state index contributed by atoms with van der Waals surface area (Å²) in [5.74, 6) is 1.65. The summed E-state index contributed by atoms with van der Waals surface area (Å²) < 4.78 is 11.5. The number of likely N-dealkylation sites (N-methyl/N-ethyl adjacent to an activating group) is 1. The molecule has 1 aliphatic heterocycles. The first-order valence-electron chi connectivity index (χ1n) is 9.60. The van der Waals surface area contributed by atoms with Crippen LogP contribution in [0.15, 0.2) is 54.6 Å². The zero-order valence-corrected chi connectivity index (χ0v) is 17.4. The largest absolute Gasteiger partial charge is 0.492 e. The molecule has 150 valence electrons. The second-order valence-electron chi connectivity index (χ2n) is 7.23. The highest BCUT2D eigenvalue weighted by Crippen LogP contribution is 2.42. The zero-order valence-electron chi connectivity index (χ0n) is 16.6. The summed E-state index contributed by atoms with van der Waals surface area (Å²) in [5, 5.41) is 3.01. The Morgan fingerprint density at radius 2 is 1.97 bits per heavy atom. The van der Waals surface area contributed by atoms with Gasteiger partial charge in [-0.05, 0) is 50.0 Å². The number of hydrogen-bond acceptors (Lipinski definition) is 5. The summed E-state index contributed by atoms with van der Waals surface area (Å²) >= 11 is 1.52. The molecule has 0 atom stereocenters. The SMILES string of the molecule is CN(C)CCOc1ccc(CNC(=O)c2cc3c(s2)-c2ccccc2OC3)cc1. The number of para-hydroxylation sites is 1. The van der Waals surface area contributed by atoms with Crippen LogP contribution in [0.3, 0.4) is 0 Å². The average Bonchev–Trinajstić information content (AvgIpc) is 3.18. The van der Waals surface area contributed by atoms with Gasteiger partial charge < -0.3 is 19.7 Å². The molecule has 1 aliphatic rings. The molecule has 0 fully saturated rings. The monoisotopic (exact) mass is 408 g/mol. The predicted octanol–water partition coefficient (Wildman–Crippen LogP) is 4.18. The Labute approximate surface area is 174 Å². The fourth-order valence-corrected chi connectivity index (χ4v) is 4.24. The van der Waals surface area contributed by atoms with Crippen LogP contribution in [-0.2, 0) is 13.2 Å². The summed E-state index contributed by atoms with van der Waals surface area (Å²) in [4.78, 5) is 16.6. The van der Waals surface area contributed by atoms with E-state index in [1.807, 2.05) is 68.7 Å². The minimum Gasteiger partial charge on any atom is -0.492 e. The molecule has 0 saturated heterocycles. The van der Waals surface area contributed by atoms with E-state index < -0.39 is 0 Å². The third kappa shape index (κ3) is 4.60. The molecule has 6 heteroatoms. The standard InChI is InChI=1S/C23H24N2O3S/c1-25(2)11-12-27-18-9-7-16(8-10-18)14-24-23(26)21-13-17-15-28-20-6-4-3-5-19(20)22(17)29-21/h3-10,13H,11-12,14-15H2,1-2H3,(H,24,26). The van der Waals surface area contributed by atoms with Crippen LogP contribution in [0.1, 0.15) is 20.8 Å². The second kappa shape index (κ2) is 8.68. The van der Waals surface area contributed by atoms with Gasteiger partial charge >= 0.3 is 0 Å². The quantitative estimate of drug-likeness (QED) is 0.637. The number of nitrogens with one attached hydrogen (secondary N) is 1. The lowest BCUT2D eigenvalue weighted by atomic mass is 10.1. The lowest BCUT2D eigenvalue weighted by Crippen LogP contribution is -2.21. The second-order valence-corrected chi connectivity index (χ2v) is 8.28. The molecule has 5 nitrogen and oxygen atoms in total. The summed E-state index contributed by atoms with van der Waals surface area (Å²) in [6, 6.07) is 17.7. The van der Waals surface area contributed by atoms with Crippen LogP contribution in [0.5, 0.6) is 11.5 Å². The lowest BCUT2D eigenvalue weighted by molar-refractivity contribution is 0.0955. The number of thiophene rings is 1. The first kappa shape index (κ1) is 19.5. The van der Waals surface area contributed by atoms with Crippen LogP contribution in [-0.4, -0.2) is 38.1 Å². The van der Waals surface area contributed by atoms with E-state index in [0.29, 0.717) is 24.6 Å². The van der Waals surface area contributed by atoms with Crippen molar-refractivity contribution in [2.75, 3.05) is 27.2 Å². The van der Waals surface area contributed by atoms with E-state index in [-0.39, 0.29) is 5.91 Å². The summed E-state index contributed by atoms with van der Waals surface area (Å²) in [5.41, 5.74) is 3.16. The highest BCUT2D eigenvalue weighted by Gasteiger charge is 2.22. The molecule has 1 aromatic heterocycles. The average molecular weight is 409 g/mol. The maximum atomic E-state index is 12.6. The number of fused-ring (bicyclic) bond motifs is 3. The minimum absolute atomic E-state index is 0.0619. The van der Waals surface area contributed by atoms with Crippen molar-refractivity contribution in [3.8, 4) is 21.9 Å². The van der Waals surface area contributed by atoms with Gasteiger partial charge in [0.2, 0.25) is 0 Å². The van der Waals surface area contributed by atoms with Crippen LogP contribution in [0.4, 0.5) is 0 Å². The Bertz CT molecular complexity index is 996. The van der Waals surface area contributed by atoms with Gasteiger partial charge in [0.05, 0.1) is 4.88 Å². The van der Waals surface area contributed by atoms with Crippen molar-refractivity contribution in [2.45, 2.75) is 13.2 Å². The molecule has 1 N–H and O–H groups in total. The fraction of sp³-hybridized carbons (Fsp3) is 0.261. The maximum absolute atomic E-state index is 12.6. The van der Waals surface area contributed by atoms with Gasteiger partial charge in [-0.15, -0.1) is 11.3 Å². The topological polar surface area (TPSA) is 50.8 Å². The number of carbonyl (C=O) groups excluding carboxylic acids is 1. The molecule has 0 bridgehead atoms. The molecular formula is C23H24N2O3S. The van der Waals surface area contributed by atoms with Crippen molar-refractivity contribution < 1.29 is 14.3 Å². The molecule has 1 amide bonds. The van der Waals surface area contributed by atoms with Gasteiger partial charge in [-0.25, -0.2) is 0 Å². The van der Waals surface area contributed by atoms with Gasteiger partial charge in [0, 0.05) is 29.1 Å². The van der Waals surface area contributed by atoms with Crippen molar-refractivity contribution in [2.24, 2.45) is 0 Å². The van der Waals surface area contributed by atoms with Crippen molar-refractivity contribution >= 4 is 17.2 Å². The highest BCUT2D eigenvalue weighted by molar-refractivity contribution is 7.17. The first-order chi connectivity index (χ1) is 14.1. The molecule has 0 spiro atoms. The van der Waals surface area contributed by atoms with Crippen LogP contribution >= 0.6 is 11.3 Å². The van der Waals surface area contributed by atoms with E-state index in [4.69, 9.17) is 9.47 Å². The van der Waals surface area contributed by atoms with E-state index in [1.54, 1.807) is 0 Å². The highest BCUT2D eigenvalue weighted by atomic mass is 32.1. The van der Waals surface area contributed by atoms with Crippen molar-refractivity contribution in [1.29, 1.82) is 0 Å². The Morgan fingerprint density at radius 3 is 2.76 bits per heavy atom. The molecule has 0 aliphatic carbocycles. The van der Waals surface area contributed by atoms with E-state index in [9.17, 15) is 4.79 Å². The van der Waals surface area contributed by atoms with E-state index in [2.05, 4.69) is 10.2 Å². The fourth-order valence-electron chi connectivity index (χ4n) is 3.13. The normalized spacial score (nSPS) is 12.1. The number of ether oxygens (including phenoxy) is 2. The number of rotatable bonds is 7. The lowest BCUT2D eigenvalue weighted by Gasteiger charge is -2.16. The van der Waals surface area contributed by atoms with Crippen LogP contribution in [0.25, 0.3) is 10.4 Å². The van der Waals surface area contributed by atoms with Crippen molar-refractivity contribution in [3.05, 3.63) is 70.6 Å². The van der Waals surface area contributed by atoms with Crippen LogP contribution < -0.4 is 14.8 Å². The van der Waals surface area contributed by atoms with Gasteiger partial charge in [0.15, 0.2) is 0 Å². The molecule has 0 unspecified atom stereocenters. The Balaban J connectivity index is 1.36. The maximum Gasteiger partial charge on any atom is 0.261 e. The van der Waals surface area contributed by atoms with Gasteiger partial charge in [-0.3, -0.25) is 4.79 Å². The molecule has 29 heavy (non-hydrogen) atoms. The Hall–Kier alpha value is -2.83. The molecule has 0 saturated carbocycles. The molecule has 3 aromatic rings.